The lowest BCUT2D eigenvalue weighted by Crippen LogP contribution is -2.12. The van der Waals surface area contributed by atoms with Crippen molar-refractivity contribution >= 4 is 28.5 Å². The second-order valence-electron chi connectivity index (χ2n) is 4.84. The van der Waals surface area contributed by atoms with Gasteiger partial charge in [-0.2, -0.15) is 0 Å². The van der Waals surface area contributed by atoms with Crippen LogP contribution in [-0.4, -0.2) is 19.7 Å². The molecule has 0 aliphatic carbocycles. The number of carbonyl (C=O) groups excluding carboxylic acids is 1. The normalized spacial score (nSPS) is 10.7. The Morgan fingerprint density at radius 1 is 1.32 bits per heavy atom. The number of hydrogen-bond acceptors (Lipinski definition) is 5. The van der Waals surface area contributed by atoms with E-state index in [1.165, 1.54) is 19.2 Å². The summed E-state index contributed by atoms with van der Waals surface area (Å²) >= 11 is 6.18. The van der Waals surface area contributed by atoms with Gasteiger partial charge < -0.3 is 13.9 Å². The third-order valence-electron chi connectivity index (χ3n) is 3.26. The number of methoxy groups -OCH3 is 1. The lowest BCUT2D eigenvalue weighted by molar-refractivity contribution is -0.142. The summed E-state index contributed by atoms with van der Waals surface area (Å²) in [5.74, 6) is -0.246. The highest BCUT2D eigenvalue weighted by Gasteiger charge is 2.12. The molecule has 0 aliphatic heterocycles. The molecule has 0 aliphatic rings. The molecule has 1 aromatic carbocycles. The van der Waals surface area contributed by atoms with Gasteiger partial charge in [0.1, 0.15) is 11.3 Å². The number of aryl methyl sites for hydroxylation is 1. The predicted octanol–water partition coefficient (Wildman–Crippen LogP) is 3.34. The molecule has 0 saturated carbocycles. The van der Waals surface area contributed by atoms with Crippen LogP contribution in [0.15, 0.2) is 27.4 Å². The molecule has 5 nitrogen and oxygen atoms in total. The Labute approximate surface area is 132 Å². The fraction of sp³-hybridized carbons (Fsp3) is 0.375. The zero-order valence-corrected chi connectivity index (χ0v) is 13.2. The average Bonchev–Trinajstić information content (AvgIpc) is 2.50. The molecule has 0 N–H and O–H groups in total. The fourth-order valence-corrected chi connectivity index (χ4v) is 2.33. The summed E-state index contributed by atoms with van der Waals surface area (Å²) in [7, 11) is 1.27. The molecule has 0 bridgehead atoms. The largest absolute Gasteiger partial charge is 0.480 e. The summed E-state index contributed by atoms with van der Waals surface area (Å²) in [5, 5.41) is 1.13. The van der Waals surface area contributed by atoms with E-state index in [0.717, 1.165) is 30.2 Å². The Hall–Kier alpha value is -2.01. The van der Waals surface area contributed by atoms with Crippen molar-refractivity contribution in [3.05, 3.63) is 39.2 Å². The first-order valence-electron chi connectivity index (χ1n) is 7.01. The molecule has 0 saturated heterocycles. The number of halogens is 1. The van der Waals surface area contributed by atoms with Crippen LogP contribution in [0.5, 0.6) is 5.75 Å². The molecule has 0 amide bonds. The van der Waals surface area contributed by atoms with Crippen LogP contribution in [-0.2, 0) is 16.0 Å². The molecule has 1 aromatic heterocycles. The minimum absolute atomic E-state index is 0.262. The number of esters is 1. The topological polar surface area (TPSA) is 65.7 Å². The van der Waals surface area contributed by atoms with E-state index < -0.39 is 11.6 Å². The number of carbonyl (C=O) groups is 1. The monoisotopic (exact) mass is 324 g/mol. The number of unbranched alkanes of at least 4 members (excludes halogenated alkanes) is 1. The smallest absolute Gasteiger partial charge is 0.343 e. The summed E-state index contributed by atoms with van der Waals surface area (Å²) < 4.78 is 15.0. The van der Waals surface area contributed by atoms with Crippen LogP contribution >= 0.6 is 11.6 Å². The summed E-state index contributed by atoms with van der Waals surface area (Å²) in [6.45, 7) is 1.82. The Morgan fingerprint density at radius 3 is 2.77 bits per heavy atom. The van der Waals surface area contributed by atoms with Crippen LogP contribution in [0.1, 0.15) is 25.3 Å². The first kappa shape index (κ1) is 16.4. The van der Waals surface area contributed by atoms with Crippen LogP contribution in [0.4, 0.5) is 0 Å². The zero-order valence-electron chi connectivity index (χ0n) is 12.5. The summed E-state index contributed by atoms with van der Waals surface area (Å²) in [6.07, 6.45) is 2.77. The Kier molecular flexibility index (Phi) is 5.44. The van der Waals surface area contributed by atoms with Gasteiger partial charge in [-0.1, -0.05) is 24.9 Å². The molecule has 0 fully saturated rings. The minimum atomic E-state index is -0.519. The van der Waals surface area contributed by atoms with Gasteiger partial charge in [-0.3, -0.25) is 0 Å². The number of rotatable bonds is 6. The van der Waals surface area contributed by atoms with E-state index in [1.54, 1.807) is 6.07 Å². The summed E-state index contributed by atoms with van der Waals surface area (Å²) in [4.78, 5) is 22.8. The molecule has 118 valence electrons. The van der Waals surface area contributed by atoms with E-state index in [2.05, 4.69) is 11.7 Å². The van der Waals surface area contributed by atoms with Crippen molar-refractivity contribution in [2.24, 2.45) is 0 Å². The number of hydrogen-bond donors (Lipinski definition) is 0. The van der Waals surface area contributed by atoms with Crippen LogP contribution in [0, 0.1) is 0 Å². The third kappa shape index (κ3) is 3.80. The average molecular weight is 325 g/mol. The van der Waals surface area contributed by atoms with Crippen molar-refractivity contribution < 1.29 is 18.7 Å². The highest BCUT2D eigenvalue weighted by Crippen LogP contribution is 2.31. The molecule has 0 spiro atoms. The number of benzene rings is 1. The van der Waals surface area contributed by atoms with E-state index in [9.17, 15) is 9.59 Å². The van der Waals surface area contributed by atoms with Crippen molar-refractivity contribution in [2.45, 2.75) is 26.2 Å². The third-order valence-corrected chi connectivity index (χ3v) is 3.55. The lowest BCUT2D eigenvalue weighted by Gasteiger charge is -2.10. The Morgan fingerprint density at radius 2 is 2.09 bits per heavy atom. The SMILES string of the molecule is CCCCc1cc(=O)oc2cc(OCC(=O)OC)c(Cl)cc12. The van der Waals surface area contributed by atoms with Gasteiger partial charge >= 0.3 is 11.6 Å². The van der Waals surface area contributed by atoms with Gasteiger partial charge in [-0.05, 0) is 24.5 Å². The van der Waals surface area contributed by atoms with E-state index in [4.69, 9.17) is 20.8 Å². The molecule has 0 atom stereocenters. The first-order valence-corrected chi connectivity index (χ1v) is 7.38. The second kappa shape index (κ2) is 7.31. The minimum Gasteiger partial charge on any atom is -0.480 e. The fourth-order valence-electron chi connectivity index (χ4n) is 2.11. The first-order chi connectivity index (χ1) is 10.5. The second-order valence-corrected chi connectivity index (χ2v) is 5.25. The molecular weight excluding hydrogens is 308 g/mol. The van der Waals surface area contributed by atoms with E-state index >= 15 is 0 Å². The molecule has 22 heavy (non-hydrogen) atoms. The van der Waals surface area contributed by atoms with Gasteiger partial charge in [0, 0.05) is 17.5 Å². The molecular formula is C16H17ClO5. The van der Waals surface area contributed by atoms with E-state index in [1.807, 2.05) is 0 Å². The van der Waals surface area contributed by atoms with Gasteiger partial charge in [0.25, 0.3) is 0 Å². The van der Waals surface area contributed by atoms with Gasteiger partial charge in [0.15, 0.2) is 6.61 Å². The highest BCUT2D eigenvalue weighted by molar-refractivity contribution is 6.32. The maximum Gasteiger partial charge on any atom is 0.343 e. The predicted molar refractivity (Wildman–Crippen MR) is 83.6 cm³/mol. The van der Waals surface area contributed by atoms with Crippen molar-refractivity contribution in [1.82, 2.24) is 0 Å². The van der Waals surface area contributed by atoms with Crippen molar-refractivity contribution in [3.63, 3.8) is 0 Å². The molecule has 2 rings (SSSR count). The quantitative estimate of drug-likeness (QED) is 0.602. The van der Waals surface area contributed by atoms with E-state index in [0.29, 0.717) is 10.6 Å². The Balaban J connectivity index is 2.40. The van der Waals surface area contributed by atoms with Crippen molar-refractivity contribution in [2.75, 3.05) is 13.7 Å². The maximum absolute atomic E-state index is 11.7. The lowest BCUT2D eigenvalue weighted by atomic mass is 10.0. The van der Waals surface area contributed by atoms with E-state index in [-0.39, 0.29) is 12.4 Å². The standard InChI is InChI=1S/C16H17ClO5/c1-3-4-5-10-6-15(18)22-13-8-14(12(17)7-11(10)13)21-9-16(19)20-2/h6-8H,3-5,9H2,1-2H3. The molecule has 0 unspecified atom stereocenters. The Bertz CT molecular complexity index is 735. The van der Waals surface area contributed by atoms with Gasteiger partial charge in [0.2, 0.25) is 0 Å². The van der Waals surface area contributed by atoms with Crippen LogP contribution < -0.4 is 10.4 Å². The van der Waals surface area contributed by atoms with Gasteiger partial charge in [-0.15, -0.1) is 0 Å². The van der Waals surface area contributed by atoms with Crippen molar-refractivity contribution in [3.8, 4) is 5.75 Å². The zero-order chi connectivity index (χ0) is 16.1. The van der Waals surface area contributed by atoms with Gasteiger partial charge in [-0.25, -0.2) is 9.59 Å². The summed E-state index contributed by atoms with van der Waals surface area (Å²) in [5.41, 5.74) is 0.872. The molecule has 0 radical (unpaired) electrons. The highest BCUT2D eigenvalue weighted by atomic mass is 35.5. The number of ether oxygens (including phenoxy) is 2. The van der Waals surface area contributed by atoms with Crippen molar-refractivity contribution in [1.29, 1.82) is 0 Å². The van der Waals surface area contributed by atoms with Crippen LogP contribution in [0.2, 0.25) is 5.02 Å². The van der Waals surface area contributed by atoms with Gasteiger partial charge in [0.05, 0.1) is 12.1 Å². The summed E-state index contributed by atoms with van der Waals surface area (Å²) in [6, 6.07) is 4.71. The molecule has 1 heterocycles. The maximum atomic E-state index is 11.7. The molecule has 6 heteroatoms. The number of fused-ring (bicyclic) bond motifs is 1. The van der Waals surface area contributed by atoms with Crippen LogP contribution in [0.25, 0.3) is 11.0 Å². The molecule has 2 aromatic rings. The van der Waals surface area contributed by atoms with Crippen LogP contribution in [0.3, 0.4) is 0 Å².